The molecule has 5 nitrogen and oxygen atoms in total. The summed E-state index contributed by atoms with van der Waals surface area (Å²) in [6.07, 6.45) is 5.37. The number of carbonyl (C=O) groups excluding carboxylic acids is 3. The summed E-state index contributed by atoms with van der Waals surface area (Å²) < 4.78 is 5.10. The zero-order valence-electron chi connectivity index (χ0n) is 13.9. The molecule has 0 unspecified atom stereocenters. The van der Waals surface area contributed by atoms with Crippen LogP contribution in [0.15, 0.2) is 24.3 Å². The van der Waals surface area contributed by atoms with Crippen LogP contribution < -0.4 is 5.32 Å². The molecule has 0 aromatic heterocycles. The molecule has 2 bridgehead atoms. The van der Waals surface area contributed by atoms with Gasteiger partial charge in [-0.15, -0.1) is 0 Å². The monoisotopic (exact) mass is 329 g/mol. The summed E-state index contributed by atoms with van der Waals surface area (Å²) in [5, 5.41) is 2.66. The lowest BCUT2D eigenvalue weighted by Gasteiger charge is -2.20. The molecule has 1 aromatic carbocycles. The van der Waals surface area contributed by atoms with E-state index in [4.69, 9.17) is 4.74 Å². The van der Waals surface area contributed by atoms with Gasteiger partial charge < -0.3 is 10.1 Å². The summed E-state index contributed by atoms with van der Waals surface area (Å²) in [5.41, 5.74) is 1.17. The third-order valence-electron chi connectivity index (χ3n) is 5.25. The predicted octanol–water partition coefficient (Wildman–Crippen LogP) is 3.20. The van der Waals surface area contributed by atoms with Crippen LogP contribution in [0.5, 0.6) is 0 Å². The molecule has 0 heterocycles. The Balaban J connectivity index is 1.40. The number of hydrogen-bond acceptors (Lipinski definition) is 4. The summed E-state index contributed by atoms with van der Waals surface area (Å²) in [7, 11) is 0. The number of hydrogen-bond donors (Lipinski definition) is 1. The zero-order chi connectivity index (χ0) is 17.1. The van der Waals surface area contributed by atoms with Gasteiger partial charge in [0.15, 0.2) is 12.4 Å². The van der Waals surface area contributed by atoms with E-state index in [0.29, 0.717) is 29.5 Å². The van der Waals surface area contributed by atoms with E-state index in [1.807, 2.05) is 0 Å². The summed E-state index contributed by atoms with van der Waals surface area (Å²) in [4.78, 5) is 35.0. The van der Waals surface area contributed by atoms with Crippen molar-refractivity contribution in [1.29, 1.82) is 0 Å². The largest absolute Gasteiger partial charge is 0.456 e. The smallest absolute Gasteiger partial charge is 0.306 e. The van der Waals surface area contributed by atoms with Crippen LogP contribution in [0.2, 0.25) is 0 Å². The third-order valence-corrected chi connectivity index (χ3v) is 5.25. The van der Waals surface area contributed by atoms with Gasteiger partial charge in [-0.2, -0.15) is 0 Å². The fraction of sp³-hybridized carbons (Fsp3) is 0.526. The number of anilines is 1. The Bertz CT molecular complexity index is 637. The van der Waals surface area contributed by atoms with E-state index in [1.165, 1.54) is 26.2 Å². The number of benzene rings is 1. The van der Waals surface area contributed by atoms with Gasteiger partial charge in [0.1, 0.15) is 0 Å². The SMILES string of the molecule is CC(=O)c1ccc(NC(=O)COC(=O)C[C@H]2C[C@H]3CC[C@@H]2C3)cc1. The van der Waals surface area contributed by atoms with Crippen molar-refractivity contribution in [2.45, 2.75) is 39.0 Å². The maximum absolute atomic E-state index is 11.9. The quantitative estimate of drug-likeness (QED) is 0.642. The molecule has 3 atom stereocenters. The lowest BCUT2D eigenvalue weighted by atomic mass is 9.86. The van der Waals surface area contributed by atoms with Crippen molar-refractivity contribution >= 4 is 23.3 Å². The van der Waals surface area contributed by atoms with Gasteiger partial charge >= 0.3 is 5.97 Å². The van der Waals surface area contributed by atoms with Crippen molar-refractivity contribution in [3.05, 3.63) is 29.8 Å². The number of nitrogens with one attached hydrogen (secondary N) is 1. The summed E-state index contributed by atoms with van der Waals surface area (Å²) in [6, 6.07) is 6.62. The number of carbonyl (C=O) groups is 3. The summed E-state index contributed by atoms with van der Waals surface area (Å²) in [6.45, 7) is 1.22. The Kier molecular flexibility index (Phi) is 4.97. The Morgan fingerprint density at radius 1 is 1.12 bits per heavy atom. The van der Waals surface area contributed by atoms with E-state index < -0.39 is 0 Å². The minimum Gasteiger partial charge on any atom is -0.456 e. The molecular weight excluding hydrogens is 306 g/mol. The lowest BCUT2D eigenvalue weighted by molar-refractivity contribution is -0.148. The molecule has 1 amide bonds. The molecule has 24 heavy (non-hydrogen) atoms. The average molecular weight is 329 g/mol. The molecular formula is C19H23NO4. The zero-order valence-corrected chi connectivity index (χ0v) is 13.9. The van der Waals surface area contributed by atoms with E-state index in [9.17, 15) is 14.4 Å². The van der Waals surface area contributed by atoms with E-state index in [-0.39, 0.29) is 24.3 Å². The highest BCUT2D eigenvalue weighted by atomic mass is 16.5. The van der Waals surface area contributed by atoms with Crippen LogP contribution in [0.1, 0.15) is 49.4 Å². The number of ether oxygens (including phenoxy) is 1. The van der Waals surface area contributed by atoms with Crippen molar-refractivity contribution in [2.24, 2.45) is 17.8 Å². The van der Waals surface area contributed by atoms with Crippen LogP contribution in [-0.2, 0) is 14.3 Å². The second-order valence-electron chi connectivity index (χ2n) is 6.98. The fourth-order valence-electron chi connectivity index (χ4n) is 4.03. The molecule has 1 aromatic rings. The second kappa shape index (κ2) is 7.16. The van der Waals surface area contributed by atoms with Crippen LogP contribution in [0.3, 0.4) is 0 Å². The third kappa shape index (κ3) is 4.02. The van der Waals surface area contributed by atoms with Gasteiger partial charge in [0.05, 0.1) is 0 Å². The van der Waals surface area contributed by atoms with Gasteiger partial charge in [0, 0.05) is 17.7 Å². The van der Waals surface area contributed by atoms with Gasteiger partial charge in [0.25, 0.3) is 5.91 Å². The molecule has 0 spiro atoms. The molecule has 2 fully saturated rings. The van der Waals surface area contributed by atoms with Crippen molar-refractivity contribution in [1.82, 2.24) is 0 Å². The Labute approximate surface area is 141 Å². The van der Waals surface area contributed by atoms with Gasteiger partial charge in [0.2, 0.25) is 0 Å². The van der Waals surface area contributed by atoms with E-state index in [2.05, 4.69) is 5.32 Å². The first kappa shape index (κ1) is 16.7. The topological polar surface area (TPSA) is 72.5 Å². The van der Waals surface area contributed by atoms with Crippen molar-refractivity contribution in [2.75, 3.05) is 11.9 Å². The predicted molar refractivity (Wildman–Crippen MR) is 89.6 cm³/mol. The van der Waals surface area contributed by atoms with Crippen molar-refractivity contribution in [3.63, 3.8) is 0 Å². The molecule has 2 aliphatic rings. The van der Waals surface area contributed by atoms with Crippen molar-refractivity contribution in [3.8, 4) is 0 Å². The van der Waals surface area contributed by atoms with Crippen molar-refractivity contribution < 1.29 is 19.1 Å². The molecule has 128 valence electrons. The van der Waals surface area contributed by atoms with Crippen LogP contribution >= 0.6 is 0 Å². The van der Waals surface area contributed by atoms with Gasteiger partial charge in [-0.25, -0.2) is 0 Å². The molecule has 2 aliphatic carbocycles. The first-order valence-corrected chi connectivity index (χ1v) is 8.57. The van der Waals surface area contributed by atoms with E-state index in [1.54, 1.807) is 24.3 Å². The summed E-state index contributed by atoms with van der Waals surface area (Å²) >= 11 is 0. The molecule has 0 aliphatic heterocycles. The van der Waals surface area contributed by atoms with E-state index in [0.717, 1.165) is 12.3 Å². The van der Waals surface area contributed by atoms with Crippen LogP contribution in [0, 0.1) is 17.8 Å². The lowest BCUT2D eigenvalue weighted by Crippen LogP contribution is -2.23. The average Bonchev–Trinajstić information content (AvgIpc) is 3.16. The number of esters is 1. The molecule has 5 heteroatoms. The number of ketones is 1. The standard InChI is InChI=1S/C19H23NO4/c1-12(21)14-4-6-17(7-5-14)20-18(22)11-24-19(23)10-16-9-13-2-3-15(16)8-13/h4-7,13,15-16H,2-3,8-11H2,1H3,(H,20,22)/t13-,15+,16+/m0/s1. The number of fused-ring (bicyclic) bond motifs is 2. The number of amides is 1. The van der Waals surface area contributed by atoms with E-state index >= 15 is 0 Å². The highest BCUT2D eigenvalue weighted by Crippen LogP contribution is 2.49. The Morgan fingerprint density at radius 2 is 1.88 bits per heavy atom. The molecule has 3 rings (SSSR count). The maximum Gasteiger partial charge on any atom is 0.306 e. The molecule has 1 N–H and O–H groups in total. The Hall–Kier alpha value is -2.17. The summed E-state index contributed by atoms with van der Waals surface area (Å²) in [5.74, 6) is 1.24. The first-order valence-electron chi connectivity index (χ1n) is 8.57. The first-order chi connectivity index (χ1) is 11.5. The molecule has 0 saturated heterocycles. The van der Waals surface area contributed by atoms with Crippen LogP contribution in [0.25, 0.3) is 0 Å². The van der Waals surface area contributed by atoms with Gasteiger partial charge in [-0.1, -0.05) is 6.42 Å². The highest BCUT2D eigenvalue weighted by Gasteiger charge is 2.40. The Morgan fingerprint density at radius 3 is 2.46 bits per heavy atom. The molecule has 0 radical (unpaired) electrons. The second-order valence-corrected chi connectivity index (χ2v) is 6.98. The minimum atomic E-state index is -0.369. The van der Waals surface area contributed by atoms with Gasteiger partial charge in [-0.3, -0.25) is 14.4 Å². The number of Topliss-reactive ketones (excluding diaryl/α,β-unsaturated/α-hetero) is 1. The maximum atomic E-state index is 11.9. The normalized spacial score (nSPS) is 24.6. The molecule has 2 saturated carbocycles. The van der Waals surface area contributed by atoms with Crippen LogP contribution in [0.4, 0.5) is 5.69 Å². The minimum absolute atomic E-state index is 0.0255. The number of rotatable bonds is 6. The van der Waals surface area contributed by atoms with Crippen LogP contribution in [-0.4, -0.2) is 24.3 Å². The van der Waals surface area contributed by atoms with Gasteiger partial charge in [-0.05, 0) is 68.2 Å². The highest BCUT2D eigenvalue weighted by molar-refractivity contribution is 5.96. The fourth-order valence-corrected chi connectivity index (χ4v) is 4.03.